The molecular formula is C8H7FIO3+. The smallest absolute Gasteiger partial charge is 0.347 e. The molecule has 0 aliphatic heterocycles. The van der Waals surface area contributed by atoms with E-state index in [9.17, 15) is 9.18 Å². The minimum atomic E-state index is -0.692. The van der Waals surface area contributed by atoms with Crippen LogP contribution in [0.15, 0.2) is 12.1 Å². The van der Waals surface area contributed by atoms with Crippen molar-refractivity contribution >= 4 is 28.6 Å². The number of hydrogen-bond donors (Lipinski definition) is 0. The summed E-state index contributed by atoms with van der Waals surface area (Å²) in [7, 11) is 1.19. The van der Waals surface area contributed by atoms with Crippen molar-refractivity contribution in [1.82, 2.24) is 0 Å². The molecule has 1 aromatic rings. The van der Waals surface area contributed by atoms with E-state index in [1.54, 1.807) is 22.6 Å². The third-order valence-electron chi connectivity index (χ3n) is 1.46. The molecule has 0 aliphatic rings. The zero-order valence-electron chi connectivity index (χ0n) is 6.73. The normalized spacial score (nSPS) is 9.77. The maximum atomic E-state index is 12.8. The summed E-state index contributed by atoms with van der Waals surface area (Å²) in [4.78, 5) is 11.0. The monoisotopic (exact) mass is 297 g/mol. The molecule has 0 spiro atoms. The molecule has 1 aromatic carbocycles. The van der Waals surface area contributed by atoms with Crippen LogP contribution in [0, 0.1) is 9.39 Å². The van der Waals surface area contributed by atoms with E-state index in [-0.39, 0.29) is 11.3 Å². The van der Waals surface area contributed by atoms with Gasteiger partial charge in [0.15, 0.2) is 5.56 Å². The molecule has 0 radical (unpaired) electrons. The van der Waals surface area contributed by atoms with Gasteiger partial charge in [-0.05, 0) is 34.7 Å². The first kappa shape index (κ1) is 10.2. The SMILES string of the molecule is COC(=O)c1cc(F)cc(I)c1[OH2+]. The zero-order valence-corrected chi connectivity index (χ0v) is 8.88. The summed E-state index contributed by atoms with van der Waals surface area (Å²) in [5, 5.41) is 7.45. The lowest BCUT2D eigenvalue weighted by Crippen LogP contribution is -2.03. The maximum Gasteiger partial charge on any atom is 0.347 e. The molecule has 0 fully saturated rings. The van der Waals surface area contributed by atoms with Gasteiger partial charge in [-0.15, -0.1) is 0 Å². The Morgan fingerprint density at radius 1 is 1.62 bits per heavy atom. The molecule has 70 valence electrons. The minimum absolute atomic E-state index is 0.00569. The van der Waals surface area contributed by atoms with E-state index >= 15 is 0 Å². The van der Waals surface area contributed by atoms with Crippen molar-refractivity contribution in [3.8, 4) is 5.75 Å². The van der Waals surface area contributed by atoms with Gasteiger partial charge in [-0.2, -0.15) is 0 Å². The number of ether oxygens (including phenoxy) is 1. The highest BCUT2D eigenvalue weighted by Gasteiger charge is 2.19. The van der Waals surface area contributed by atoms with Gasteiger partial charge in [0.05, 0.1) is 7.11 Å². The largest absolute Gasteiger partial charge is 0.592 e. The summed E-state index contributed by atoms with van der Waals surface area (Å²) in [6, 6.07) is 2.19. The molecule has 0 bridgehead atoms. The summed E-state index contributed by atoms with van der Waals surface area (Å²) >= 11 is 1.79. The maximum absolute atomic E-state index is 12.8. The molecule has 0 atom stereocenters. The summed E-state index contributed by atoms with van der Waals surface area (Å²) in [6.45, 7) is 0. The van der Waals surface area contributed by atoms with Crippen LogP contribution in [0.5, 0.6) is 5.75 Å². The van der Waals surface area contributed by atoms with Crippen LogP contribution in [0.4, 0.5) is 4.39 Å². The van der Waals surface area contributed by atoms with Gasteiger partial charge in [0.2, 0.25) is 0 Å². The highest BCUT2D eigenvalue weighted by molar-refractivity contribution is 14.1. The van der Waals surface area contributed by atoms with Crippen molar-refractivity contribution in [1.29, 1.82) is 0 Å². The Labute approximate surface area is 87.7 Å². The van der Waals surface area contributed by atoms with Gasteiger partial charge in [-0.25, -0.2) is 9.18 Å². The van der Waals surface area contributed by atoms with E-state index in [1.807, 2.05) is 0 Å². The summed E-state index contributed by atoms with van der Waals surface area (Å²) in [5.74, 6) is -1.24. The molecule has 0 heterocycles. The van der Waals surface area contributed by atoms with Gasteiger partial charge in [0.25, 0.3) is 5.75 Å². The van der Waals surface area contributed by atoms with Crippen molar-refractivity contribution in [3.63, 3.8) is 0 Å². The summed E-state index contributed by atoms with van der Waals surface area (Å²) in [5.41, 5.74) is -0.0492. The van der Waals surface area contributed by atoms with Gasteiger partial charge in [0, 0.05) is 0 Å². The Morgan fingerprint density at radius 2 is 2.23 bits per heavy atom. The molecule has 0 unspecified atom stereocenters. The van der Waals surface area contributed by atoms with Gasteiger partial charge in [0.1, 0.15) is 9.39 Å². The minimum Gasteiger partial charge on any atom is -0.592 e. The van der Waals surface area contributed by atoms with Crippen molar-refractivity contribution in [2.24, 2.45) is 0 Å². The van der Waals surface area contributed by atoms with Crippen LogP contribution < -0.4 is 0 Å². The van der Waals surface area contributed by atoms with E-state index < -0.39 is 11.8 Å². The lowest BCUT2D eigenvalue weighted by atomic mass is 10.2. The number of esters is 1. The van der Waals surface area contributed by atoms with Crippen molar-refractivity contribution < 1.29 is 19.0 Å². The number of carbonyl (C=O) groups is 1. The van der Waals surface area contributed by atoms with E-state index in [1.165, 1.54) is 13.2 Å². The second kappa shape index (κ2) is 3.91. The third kappa shape index (κ3) is 2.09. The molecule has 1 rings (SSSR count). The van der Waals surface area contributed by atoms with Crippen molar-refractivity contribution in [2.75, 3.05) is 7.11 Å². The molecule has 13 heavy (non-hydrogen) atoms. The van der Waals surface area contributed by atoms with Crippen LogP contribution in [0.25, 0.3) is 0 Å². The Morgan fingerprint density at radius 3 is 2.77 bits per heavy atom. The molecular weight excluding hydrogens is 290 g/mol. The van der Waals surface area contributed by atoms with Crippen LogP contribution in [0.3, 0.4) is 0 Å². The van der Waals surface area contributed by atoms with Gasteiger partial charge < -0.3 is 9.84 Å². The van der Waals surface area contributed by atoms with Crippen molar-refractivity contribution in [3.05, 3.63) is 27.1 Å². The van der Waals surface area contributed by atoms with Crippen LogP contribution in [0.1, 0.15) is 10.4 Å². The fourth-order valence-corrected chi connectivity index (χ4v) is 1.43. The van der Waals surface area contributed by atoms with E-state index in [2.05, 4.69) is 4.74 Å². The molecule has 3 nitrogen and oxygen atoms in total. The number of rotatable bonds is 1. The molecule has 0 aliphatic carbocycles. The molecule has 2 N–H and O–H groups in total. The number of methoxy groups -OCH3 is 1. The predicted molar refractivity (Wildman–Crippen MR) is 53.5 cm³/mol. The second-order valence-electron chi connectivity index (χ2n) is 2.30. The lowest BCUT2D eigenvalue weighted by molar-refractivity contribution is 0.0596. The van der Waals surface area contributed by atoms with Crippen LogP contribution >= 0.6 is 22.6 Å². The quantitative estimate of drug-likeness (QED) is 0.449. The first-order chi connectivity index (χ1) is 6.06. The topological polar surface area (TPSA) is 49.2 Å². The number of benzene rings is 1. The average molecular weight is 297 g/mol. The average Bonchev–Trinajstić information content (AvgIpc) is 2.10. The van der Waals surface area contributed by atoms with Gasteiger partial charge in [-0.1, -0.05) is 0 Å². The van der Waals surface area contributed by atoms with Crippen LogP contribution in [-0.4, -0.2) is 18.2 Å². The Bertz CT molecular complexity index is 351. The lowest BCUT2D eigenvalue weighted by Gasteiger charge is -2.00. The molecule has 0 saturated carbocycles. The highest BCUT2D eigenvalue weighted by Crippen LogP contribution is 2.25. The second-order valence-corrected chi connectivity index (χ2v) is 3.46. The van der Waals surface area contributed by atoms with E-state index in [4.69, 9.17) is 5.11 Å². The van der Waals surface area contributed by atoms with E-state index in [0.29, 0.717) is 3.57 Å². The third-order valence-corrected chi connectivity index (χ3v) is 2.31. The molecule has 0 amide bonds. The van der Waals surface area contributed by atoms with Crippen molar-refractivity contribution in [2.45, 2.75) is 0 Å². The van der Waals surface area contributed by atoms with E-state index in [0.717, 1.165) is 6.07 Å². The number of hydrogen-bond acceptors (Lipinski definition) is 2. The molecule has 5 heteroatoms. The fraction of sp³-hybridized carbons (Fsp3) is 0.125. The first-order valence-electron chi connectivity index (χ1n) is 3.35. The molecule has 0 aromatic heterocycles. The van der Waals surface area contributed by atoms with Crippen LogP contribution in [0.2, 0.25) is 0 Å². The standard InChI is InChI=1S/C8H6FIO3/c1-13-8(12)5-2-4(9)3-6(10)7(5)11/h2-3,11H,1H3/p+1. The Hall–Kier alpha value is -0.850. The summed E-state index contributed by atoms with van der Waals surface area (Å²) < 4.78 is 17.6. The number of carbonyl (C=O) groups excluding carboxylic acids is 1. The van der Waals surface area contributed by atoms with Gasteiger partial charge in [-0.3, -0.25) is 0 Å². The number of halogens is 2. The predicted octanol–water partition coefficient (Wildman–Crippen LogP) is 1.65. The first-order valence-corrected chi connectivity index (χ1v) is 4.43. The Balaban J connectivity index is 3.28. The summed E-state index contributed by atoms with van der Waals surface area (Å²) in [6.07, 6.45) is 0. The molecule has 0 saturated heterocycles. The highest BCUT2D eigenvalue weighted by atomic mass is 127. The van der Waals surface area contributed by atoms with Gasteiger partial charge >= 0.3 is 5.97 Å². The fourth-order valence-electron chi connectivity index (χ4n) is 0.845. The Kier molecular flexibility index (Phi) is 3.07. The zero-order chi connectivity index (χ0) is 10.0. The van der Waals surface area contributed by atoms with Crippen LogP contribution in [-0.2, 0) is 4.74 Å².